The number of hydrogen-bond acceptors (Lipinski definition) is 3. The predicted octanol–water partition coefficient (Wildman–Crippen LogP) is 2.53. The van der Waals surface area contributed by atoms with Crippen LogP contribution in [0.3, 0.4) is 0 Å². The maximum absolute atomic E-state index is 12.9. The molecule has 0 aromatic heterocycles. The maximum atomic E-state index is 12.9. The van der Waals surface area contributed by atoms with Gasteiger partial charge in [0.05, 0.1) is 4.90 Å². The second-order valence-corrected chi connectivity index (χ2v) is 8.29. The lowest BCUT2D eigenvalue weighted by Gasteiger charge is -2.39. The molecule has 0 aliphatic carbocycles. The molecule has 0 saturated carbocycles. The molecule has 1 atom stereocenters. The van der Waals surface area contributed by atoms with Gasteiger partial charge in [-0.15, -0.1) is 0 Å². The molecule has 0 unspecified atom stereocenters. The smallest absolute Gasteiger partial charge is 0.253 e. The molecule has 0 N–H and O–H groups in total. The van der Waals surface area contributed by atoms with Crippen molar-refractivity contribution < 1.29 is 13.2 Å². The number of aryl methyl sites for hydroxylation is 1. The fourth-order valence-corrected chi connectivity index (χ4v) is 4.70. The lowest BCUT2D eigenvalue weighted by atomic mass is 10.1. The van der Waals surface area contributed by atoms with Crippen molar-refractivity contribution >= 4 is 15.9 Å². The Balaban J connectivity index is 1.75. The van der Waals surface area contributed by atoms with Crippen molar-refractivity contribution in [3.05, 3.63) is 65.7 Å². The van der Waals surface area contributed by atoms with Crippen molar-refractivity contribution in [1.29, 1.82) is 0 Å². The molecule has 5 nitrogen and oxygen atoms in total. The molecular weight excluding hydrogens is 336 g/mol. The standard InChI is InChI=1S/C19H22N2O3S/c1-15-8-10-18(11-9-15)25(23,24)21-13-12-20(14-16(21)2)19(22)17-6-4-3-5-7-17/h3-11,16H,12-14H2,1-2H3/t16-/m1/s1. The van der Waals surface area contributed by atoms with Crippen LogP contribution in [0.4, 0.5) is 0 Å². The molecule has 3 rings (SSSR count). The van der Waals surface area contributed by atoms with Gasteiger partial charge in [0.2, 0.25) is 10.0 Å². The van der Waals surface area contributed by atoms with Crippen LogP contribution in [0.2, 0.25) is 0 Å². The van der Waals surface area contributed by atoms with E-state index in [1.165, 1.54) is 4.31 Å². The van der Waals surface area contributed by atoms with Crippen molar-refractivity contribution in [3.63, 3.8) is 0 Å². The van der Waals surface area contributed by atoms with E-state index < -0.39 is 10.0 Å². The first kappa shape index (κ1) is 17.6. The van der Waals surface area contributed by atoms with Gasteiger partial charge in [-0.3, -0.25) is 4.79 Å². The van der Waals surface area contributed by atoms with Gasteiger partial charge in [-0.2, -0.15) is 4.31 Å². The van der Waals surface area contributed by atoms with Crippen molar-refractivity contribution in [1.82, 2.24) is 9.21 Å². The number of hydrogen-bond donors (Lipinski definition) is 0. The van der Waals surface area contributed by atoms with Gasteiger partial charge < -0.3 is 4.90 Å². The average Bonchev–Trinajstić information content (AvgIpc) is 2.62. The number of rotatable bonds is 3. The van der Waals surface area contributed by atoms with E-state index in [9.17, 15) is 13.2 Å². The highest BCUT2D eigenvalue weighted by atomic mass is 32.2. The van der Waals surface area contributed by atoms with E-state index in [1.807, 2.05) is 32.0 Å². The summed E-state index contributed by atoms with van der Waals surface area (Å²) in [6.45, 7) is 4.85. The average molecular weight is 358 g/mol. The zero-order valence-electron chi connectivity index (χ0n) is 14.4. The molecule has 2 aromatic carbocycles. The van der Waals surface area contributed by atoms with Gasteiger partial charge in [-0.25, -0.2) is 8.42 Å². The molecule has 6 heteroatoms. The Hall–Kier alpha value is -2.18. The Morgan fingerprint density at radius 2 is 1.64 bits per heavy atom. The number of carbonyl (C=O) groups excluding carboxylic acids is 1. The number of sulfonamides is 1. The maximum Gasteiger partial charge on any atom is 0.253 e. The Morgan fingerprint density at radius 1 is 1.00 bits per heavy atom. The van der Waals surface area contributed by atoms with Crippen LogP contribution in [0.1, 0.15) is 22.8 Å². The third-order valence-electron chi connectivity index (χ3n) is 4.50. The van der Waals surface area contributed by atoms with Crippen LogP contribution >= 0.6 is 0 Å². The minimum atomic E-state index is -3.55. The number of carbonyl (C=O) groups is 1. The van der Waals surface area contributed by atoms with E-state index in [1.54, 1.807) is 41.3 Å². The van der Waals surface area contributed by atoms with E-state index in [2.05, 4.69) is 0 Å². The second-order valence-electron chi connectivity index (χ2n) is 6.40. The summed E-state index contributed by atoms with van der Waals surface area (Å²) < 4.78 is 27.2. The van der Waals surface area contributed by atoms with Crippen LogP contribution in [0, 0.1) is 6.92 Å². The van der Waals surface area contributed by atoms with E-state index in [0.29, 0.717) is 30.1 Å². The largest absolute Gasteiger partial charge is 0.336 e. The van der Waals surface area contributed by atoms with E-state index in [4.69, 9.17) is 0 Å². The minimum absolute atomic E-state index is 0.0557. The molecule has 0 radical (unpaired) electrons. The second kappa shape index (κ2) is 6.98. The van der Waals surface area contributed by atoms with Crippen LogP contribution < -0.4 is 0 Å². The van der Waals surface area contributed by atoms with E-state index in [-0.39, 0.29) is 11.9 Å². The Kier molecular flexibility index (Phi) is 4.92. The molecule has 1 aliphatic heterocycles. The lowest BCUT2D eigenvalue weighted by molar-refractivity contribution is 0.0642. The third kappa shape index (κ3) is 3.60. The van der Waals surface area contributed by atoms with Gasteiger partial charge in [0.1, 0.15) is 0 Å². The number of amides is 1. The Labute approximate surface area is 148 Å². The number of benzene rings is 2. The van der Waals surface area contributed by atoms with Gasteiger partial charge in [0, 0.05) is 31.2 Å². The number of piperazine rings is 1. The van der Waals surface area contributed by atoms with Crippen LogP contribution in [-0.4, -0.2) is 49.2 Å². The first-order valence-electron chi connectivity index (χ1n) is 8.32. The third-order valence-corrected chi connectivity index (χ3v) is 6.53. The van der Waals surface area contributed by atoms with Crippen molar-refractivity contribution in [3.8, 4) is 0 Å². The van der Waals surface area contributed by atoms with Gasteiger partial charge in [-0.1, -0.05) is 35.9 Å². The number of nitrogens with zero attached hydrogens (tertiary/aromatic N) is 2. The zero-order chi connectivity index (χ0) is 18.0. The molecule has 0 spiro atoms. The van der Waals surface area contributed by atoms with Crippen LogP contribution in [0.15, 0.2) is 59.5 Å². The molecule has 1 amide bonds. The summed E-state index contributed by atoms with van der Waals surface area (Å²) in [5, 5.41) is 0. The molecule has 1 aliphatic rings. The molecule has 0 bridgehead atoms. The molecule has 1 heterocycles. The van der Waals surface area contributed by atoms with Crippen LogP contribution in [-0.2, 0) is 10.0 Å². The highest BCUT2D eigenvalue weighted by Crippen LogP contribution is 2.22. The zero-order valence-corrected chi connectivity index (χ0v) is 15.2. The lowest BCUT2D eigenvalue weighted by Crippen LogP contribution is -2.55. The first-order valence-corrected chi connectivity index (χ1v) is 9.76. The monoisotopic (exact) mass is 358 g/mol. The summed E-state index contributed by atoms with van der Waals surface area (Å²) >= 11 is 0. The molecular formula is C19H22N2O3S. The molecule has 132 valence electrons. The van der Waals surface area contributed by atoms with Crippen molar-refractivity contribution in [2.45, 2.75) is 24.8 Å². The van der Waals surface area contributed by atoms with Gasteiger partial charge >= 0.3 is 0 Å². The normalized spacial score (nSPS) is 19.0. The molecule has 2 aromatic rings. The first-order chi connectivity index (χ1) is 11.9. The van der Waals surface area contributed by atoms with E-state index in [0.717, 1.165) is 5.56 Å². The fraction of sp³-hybridized carbons (Fsp3) is 0.316. The summed E-state index contributed by atoms with van der Waals surface area (Å²) in [5.74, 6) is -0.0557. The van der Waals surface area contributed by atoms with Crippen molar-refractivity contribution in [2.75, 3.05) is 19.6 Å². The van der Waals surface area contributed by atoms with Gasteiger partial charge in [0.25, 0.3) is 5.91 Å². The summed E-state index contributed by atoms with van der Waals surface area (Å²) in [5.41, 5.74) is 1.65. The van der Waals surface area contributed by atoms with Crippen LogP contribution in [0.25, 0.3) is 0 Å². The van der Waals surface area contributed by atoms with E-state index >= 15 is 0 Å². The molecule has 1 fully saturated rings. The Morgan fingerprint density at radius 3 is 2.24 bits per heavy atom. The molecule has 25 heavy (non-hydrogen) atoms. The summed E-state index contributed by atoms with van der Waals surface area (Å²) in [6.07, 6.45) is 0. The SMILES string of the molecule is Cc1ccc(S(=O)(=O)N2CCN(C(=O)c3ccccc3)C[C@H]2C)cc1. The summed E-state index contributed by atoms with van der Waals surface area (Å²) in [6, 6.07) is 15.7. The van der Waals surface area contributed by atoms with Gasteiger partial charge in [-0.05, 0) is 38.1 Å². The topological polar surface area (TPSA) is 57.7 Å². The summed E-state index contributed by atoms with van der Waals surface area (Å²) in [7, 11) is -3.55. The summed E-state index contributed by atoms with van der Waals surface area (Å²) in [4.78, 5) is 14.6. The predicted molar refractivity (Wildman–Crippen MR) is 96.9 cm³/mol. The fourth-order valence-electron chi connectivity index (χ4n) is 3.09. The van der Waals surface area contributed by atoms with Crippen LogP contribution in [0.5, 0.6) is 0 Å². The van der Waals surface area contributed by atoms with Crippen molar-refractivity contribution in [2.24, 2.45) is 0 Å². The quantitative estimate of drug-likeness (QED) is 0.847. The highest BCUT2D eigenvalue weighted by Gasteiger charge is 2.35. The molecule has 1 saturated heterocycles. The minimum Gasteiger partial charge on any atom is -0.336 e. The highest BCUT2D eigenvalue weighted by molar-refractivity contribution is 7.89. The van der Waals surface area contributed by atoms with Gasteiger partial charge in [0.15, 0.2) is 0 Å². The Bertz CT molecular complexity index is 848.